The Morgan fingerprint density at radius 2 is 1.93 bits per heavy atom. The Labute approximate surface area is 95.2 Å². The van der Waals surface area contributed by atoms with Crippen LogP contribution >= 0.6 is 11.6 Å². The number of carbonyl (C=O) groups excluding carboxylic acids is 1. The highest BCUT2D eigenvalue weighted by molar-refractivity contribution is 6.30. The zero-order valence-electron chi connectivity index (χ0n) is 9.00. The lowest BCUT2D eigenvalue weighted by molar-refractivity contribution is -0.141. The van der Waals surface area contributed by atoms with Gasteiger partial charge >= 0.3 is 5.97 Å². The first kappa shape index (κ1) is 13.9. The maximum Gasteiger partial charge on any atom is 0.319 e. The Hall–Kier alpha value is -1.06. The zero-order valence-corrected chi connectivity index (χ0v) is 9.75. The maximum absolute atomic E-state index is 10.1. The fourth-order valence-electron chi connectivity index (χ4n) is 0.753. The van der Waals surface area contributed by atoms with Gasteiger partial charge in [0.1, 0.15) is 0 Å². The molecular formula is C11H16ClNO2. The van der Waals surface area contributed by atoms with Gasteiger partial charge in [0.2, 0.25) is 0 Å². The molecule has 0 radical (unpaired) electrons. The van der Waals surface area contributed by atoms with Crippen molar-refractivity contribution < 1.29 is 9.53 Å². The number of aryl methyl sites for hydroxylation is 1. The molecule has 0 aliphatic carbocycles. The molecule has 1 rings (SSSR count). The van der Waals surface area contributed by atoms with Gasteiger partial charge in [-0.15, -0.1) is 0 Å². The summed E-state index contributed by atoms with van der Waals surface area (Å²) in [5.41, 5.74) is 6.13. The van der Waals surface area contributed by atoms with Gasteiger partial charge in [0.15, 0.2) is 0 Å². The summed E-state index contributed by atoms with van der Waals surface area (Å²) in [6.07, 6.45) is 0. The lowest BCUT2D eigenvalue weighted by Gasteiger charge is -1.93. The quantitative estimate of drug-likeness (QED) is 0.791. The first-order valence-electron chi connectivity index (χ1n) is 4.68. The van der Waals surface area contributed by atoms with Crippen LogP contribution < -0.4 is 5.73 Å². The molecule has 84 valence electrons. The average Bonchev–Trinajstić information content (AvgIpc) is 2.24. The second-order valence-corrected chi connectivity index (χ2v) is 3.24. The number of ether oxygens (including phenoxy) is 1. The minimum absolute atomic E-state index is 0.0200. The van der Waals surface area contributed by atoms with Crippen molar-refractivity contribution in [2.24, 2.45) is 5.73 Å². The van der Waals surface area contributed by atoms with Crippen LogP contribution in [0.4, 0.5) is 0 Å². The van der Waals surface area contributed by atoms with Gasteiger partial charge in [0.25, 0.3) is 0 Å². The third-order valence-corrected chi connectivity index (χ3v) is 1.73. The highest BCUT2D eigenvalue weighted by atomic mass is 35.5. The number of rotatable bonds is 2. The second kappa shape index (κ2) is 8.26. The molecule has 2 N–H and O–H groups in total. The van der Waals surface area contributed by atoms with Crippen LogP contribution in [0.2, 0.25) is 5.02 Å². The van der Waals surface area contributed by atoms with E-state index >= 15 is 0 Å². The van der Waals surface area contributed by atoms with E-state index in [0.29, 0.717) is 6.61 Å². The number of nitrogens with two attached hydrogens (primary N) is 1. The van der Waals surface area contributed by atoms with Gasteiger partial charge in [-0.05, 0) is 26.0 Å². The summed E-state index contributed by atoms with van der Waals surface area (Å²) >= 11 is 5.61. The molecule has 0 aliphatic rings. The van der Waals surface area contributed by atoms with Crippen LogP contribution in [-0.2, 0) is 9.53 Å². The average molecular weight is 230 g/mol. The van der Waals surface area contributed by atoms with Crippen molar-refractivity contribution >= 4 is 17.6 Å². The maximum atomic E-state index is 10.1. The molecule has 0 spiro atoms. The lowest BCUT2D eigenvalue weighted by atomic mass is 10.2. The first-order valence-corrected chi connectivity index (χ1v) is 5.05. The van der Waals surface area contributed by atoms with Crippen LogP contribution in [0.1, 0.15) is 12.5 Å². The number of benzene rings is 1. The van der Waals surface area contributed by atoms with Crippen molar-refractivity contribution in [3.05, 3.63) is 34.9 Å². The molecule has 0 atom stereocenters. The van der Waals surface area contributed by atoms with E-state index in [1.165, 1.54) is 5.56 Å². The predicted molar refractivity (Wildman–Crippen MR) is 61.9 cm³/mol. The summed E-state index contributed by atoms with van der Waals surface area (Å²) in [6.45, 7) is 4.17. The smallest absolute Gasteiger partial charge is 0.319 e. The molecule has 0 fully saturated rings. The monoisotopic (exact) mass is 229 g/mol. The fraction of sp³-hybridized carbons (Fsp3) is 0.364. The highest BCUT2D eigenvalue weighted by Crippen LogP contribution is 2.07. The number of hydrogen-bond acceptors (Lipinski definition) is 3. The van der Waals surface area contributed by atoms with E-state index in [0.717, 1.165) is 5.02 Å². The third-order valence-electron chi connectivity index (χ3n) is 1.48. The van der Waals surface area contributed by atoms with E-state index < -0.39 is 0 Å². The molecule has 0 unspecified atom stereocenters. The largest absolute Gasteiger partial charge is 0.465 e. The van der Waals surface area contributed by atoms with Gasteiger partial charge in [-0.1, -0.05) is 29.3 Å². The Balaban J connectivity index is 0.000000265. The van der Waals surface area contributed by atoms with Crippen molar-refractivity contribution in [3.8, 4) is 0 Å². The van der Waals surface area contributed by atoms with E-state index in [4.69, 9.17) is 17.3 Å². The standard InChI is InChI=1S/C7H7Cl.C4H9NO2/c1-6-2-4-7(8)5-3-6;1-2-7-4(6)3-5/h2-5H,1H3;2-3,5H2,1H3. The van der Waals surface area contributed by atoms with Crippen molar-refractivity contribution in [2.75, 3.05) is 13.2 Å². The molecule has 1 aromatic rings. The van der Waals surface area contributed by atoms with Gasteiger partial charge in [-0.25, -0.2) is 0 Å². The molecule has 0 aliphatic heterocycles. The van der Waals surface area contributed by atoms with Crippen LogP contribution in [0, 0.1) is 6.92 Å². The topological polar surface area (TPSA) is 52.3 Å². The molecule has 0 saturated carbocycles. The summed E-state index contributed by atoms with van der Waals surface area (Å²) in [6, 6.07) is 7.75. The molecule has 3 nitrogen and oxygen atoms in total. The van der Waals surface area contributed by atoms with E-state index in [9.17, 15) is 4.79 Å². The van der Waals surface area contributed by atoms with Gasteiger partial charge in [0, 0.05) is 5.02 Å². The number of hydrogen-bond donors (Lipinski definition) is 1. The predicted octanol–water partition coefficient (Wildman–Crippen LogP) is 2.16. The summed E-state index contributed by atoms with van der Waals surface area (Å²) in [4.78, 5) is 10.1. The SMILES string of the molecule is CCOC(=O)CN.Cc1ccc(Cl)cc1. The van der Waals surface area contributed by atoms with Gasteiger partial charge in [-0.2, -0.15) is 0 Å². The Bertz CT molecular complexity index is 264. The highest BCUT2D eigenvalue weighted by Gasteiger charge is 1.91. The van der Waals surface area contributed by atoms with Crippen LogP contribution in [0.15, 0.2) is 24.3 Å². The summed E-state index contributed by atoms with van der Waals surface area (Å²) in [5.74, 6) is -0.345. The van der Waals surface area contributed by atoms with Crippen LogP contribution in [-0.4, -0.2) is 19.1 Å². The zero-order chi connectivity index (χ0) is 11.7. The van der Waals surface area contributed by atoms with E-state index in [-0.39, 0.29) is 12.5 Å². The number of esters is 1. The van der Waals surface area contributed by atoms with Gasteiger partial charge < -0.3 is 10.5 Å². The molecule has 0 bridgehead atoms. The molecule has 0 saturated heterocycles. The Morgan fingerprint density at radius 3 is 2.20 bits per heavy atom. The van der Waals surface area contributed by atoms with Crippen LogP contribution in [0.25, 0.3) is 0 Å². The van der Waals surface area contributed by atoms with Gasteiger partial charge in [0.05, 0.1) is 13.2 Å². The van der Waals surface area contributed by atoms with E-state index in [1.54, 1.807) is 6.92 Å². The lowest BCUT2D eigenvalue weighted by Crippen LogP contribution is -2.16. The minimum Gasteiger partial charge on any atom is -0.465 e. The normalized spacial score (nSPS) is 8.80. The number of halogens is 1. The summed E-state index contributed by atoms with van der Waals surface area (Å²) in [5, 5.41) is 0.801. The van der Waals surface area contributed by atoms with Crippen molar-refractivity contribution in [1.29, 1.82) is 0 Å². The van der Waals surface area contributed by atoms with Crippen molar-refractivity contribution in [3.63, 3.8) is 0 Å². The summed E-state index contributed by atoms with van der Waals surface area (Å²) < 4.78 is 4.43. The van der Waals surface area contributed by atoms with Crippen LogP contribution in [0.3, 0.4) is 0 Å². The molecule has 0 amide bonds. The van der Waals surface area contributed by atoms with Crippen molar-refractivity contribution in [1.82, 2.24) is 0 Å². The molecule has 4 heteroatoms. The molecule has 0 aromatic heterocycles. The fourth-order valence-corrected chi connectivity index (χ4v) is 0.879. The minimum atomic E-state index is -0.345. The Kier molecular flexibility index (Phi) is 7.68. The molecule has 15 heavy (non-hydrogen) atoms. The number of carbonyl (C=O) groups is 1. The van der Waals surface area contributed by atoms with Crippen LogP contribution in [0.5, 0.6) is 0 Å². The third kappa shape index (κ3) is 7.97. The molecule has 1 aromatic carbocycles. The van der Waals surface area contributed by atoms with E-state index in [2.05, 4.69) is 4.74 Å². The Morgan fingerprint density at radius 1 is 1.40 bits per heavy atom. The summed E-state index contributed by atoms with van der Waals surface area (Å²) in [7, 11) is 0. The first-order chi connectivity index (χ1) is 7.10. The van der Waals surface area contributed by atoms with Crippen molar-refractivity contribution in [2.45, 2.75) is 13.8 Å². The van der Waals surface area contributed by atoms with E-state index in [1.807, 2.05) is 31.2 Å². The molecule has 0 heterocycles. The molecular weight excluding hydrogens is 214 g/mol. The second-order valence-electron chi connectivity index (χ2n) is 2.80. The van der Waals surface area contributed by atoms with Gasteiger partial charge in [-0.3, -0.25) is 4.79 Å².